The molecule has 0 radical (unpaired) electrons. The van der Waals surface area contributed by atoms with Crippen LogP contribution in [0, 0.1) is 13.8 Å². The van der Waals surface area contributed by atoms with Gasteiger partial charge in [-0.3, -0.25) is 14.6 Å². The average molecular weight is 498 g/mol. The number of aliphatic hydroxyl groups excluding tert-OH is 1. The Morgan fingerprint density at radius 1 is 1.03 bits per heavy atom. The van der Waals surface area contributed by atoms with E-state index in [1.165, 1.54) is 0 Å². The van der Waals surface area contributed by atoms with Crippen LogP contribution in [0.4, 0.5) is 0 Å². The summed E-state index contributed by atoms with van der Waals surface area (Å²) in [6.07, 6.45) is 5.06. The number of nitrogens with zero attached hydrogens (tertiary/aromatic N) is 2. The second-order valence-corrected chi connectivity index (χ2v) is 10.4. The lowest BCUT2D eigenvalue weighted by Crippen LogP contribution is -2.55. The second-order valence-electron chi connectivity index (χ2n) is 10.4. The predicted octanol–water partition coefficient (Wildman–Crippen LogP) is 4.64. The topological polar surface area (TPSA) is 82.5 Å². The molecular formula is C31H35N3O3. The number of nitrogens with one attached hydrogen (secondary N) is 1. The van der Waals surface area contributed by atoms with Crippen LogP contribution in [-0.4, -0.2) is 45.5 Å². The first-order valence-electron chi connectivity index (χ1n) is 13.3. The maximum absolute atomic E-state index is 14.1. The number of benzene rings is 2. The van der Waals surface area contributed by atoms with E-state index in [4.69, 9.17) is 0 Å². The van der Waals surface area contributed by atoms with Gasteiger partial charge in [-0.1, -0.05) is 60.9 Å². The monoisotopic (exact) mass is 497 g/mol. The van der Waals surface area contributed by atoms with Crippen LogP contribution in [0.2, 0.25) is 0 Å². The number of aryl methyl sites for hydroxylation is 2. The third-order valence-electron chi connectivity index (χ3n) is 7.86. The van der Waals surface area contributed by atoms with Gasteiger partial charge in [0, 0.05) is 30.4 Å². The summed E-state index contributed by atoms with van der Waals surface area (Å²) < 4.78 is 0. The van der Waals surface area contributed by atoms with Crippen LogP contribution in [-0.2, 0) is 11.2 Å². The van der Waals surface area contributed by atoms with Crippen molar-refractivity contribution in [2.45, 2.75) is 70.1 Å². The van der Waals surface area contributed by atoms with Gasteiger partial charge in [0.05, 0.1) is 24.1 Å². The molecule has 37 heavy (non-hydrogen) atoms. The fourth-order valence-corrected chi connectivity index (χ4v) is 6.07. The van der Waals surface area contributed by atoms with Crippen molar-refractivity contribution < 1.29 is 14.7 Å². The SMILES string of the molecule is Cc1ccc(C2C(C(=O)NCCc3ccccn3)c3ccccc3C(=O)N2C2CCCCC2O)c(C)c1. The highest BCUT2D eigenvalue weighted by atomic mass is 16.3. The smallest absolute Gasteiger partial charge is 0.255 e. The summed E-state index contributed by atoms with van der Waals surface area (Å²) in [5.74, 6) is -0.812. The highest BCUT2D eigenvalue weighted by molar-refractivity contribution is 6.01. The third kappa shape index (κ3) is 5.03. The van der Waals surface area contributed by atoms with Crippen LogP contribution in [0.15, 0.2) is 66.9 Å². The normalized spacial score (nSPS) is 23.4. The van der Waals surface area contributed by atoms with Crippen molar-refractivity contribution in [1.82, 2.24) is 15.2 Å². The number of hydrogen-bond acceptors (Lipinski definition) is 4. The van der Waals surface area contributed by atoms with E-state index in [9.17, 15) is 14.7 Å². The quantitative estimate of drug-likeness (QED) is 0.520. The number of pyridine rings is 1. The standard InChI is InChI=1S/C31H35N3O3/c1-20-14-15-23(21(2)19-20)29-28(30(36)33-18-16-22-9-7-8-17-32-22)24-10-3-4-11-25(24)31(37)34(29)26-12-5-6-13-27(26)35/h3-4,7-11,14-15,17,19,26-29,35H,5-6,12-13,16,18H2,1-2H3,(H,33,36). The van der Waals surface area contributed by atoms with Gasteiger partial charge in [-0.25, -0.2) is 0 Å². The molecule has 5 rings (SSSR count). The molecule has 1 fully saturated rings. The van der Waals surface area contributed by atoms with Gasteiger partial charge in [0.1, 0.15) is 0 Å². The van der Waals surface area contributed by atoms with Crippen molar-refractivity contribution in [1.29, 1.82) is 0 Å². The number of carbonyl (C=O) groups is 2. The highest BCUT2D eigenvalue weighted by Crippen LogP contribution is 2.46. The zero-order valence-electron chi connectivity index (χ0n) is 21.6. The van der Waals surface area contributed by atoms with Crippen LogP contribution in [0.1, 0.15) is 75.9 Å². The molecule has 3 aromatic rings. The molecule has 0 saturated heterocycles. The fraction of sp³-hybridized carbons (Fsp3) is 0.387. The first kappa shape index (κ1) is 25.2. The molecule has 6 heteroatoms. The Morgan fingerprint density at radius 3 is 2.57 bits per heavy atom. The van der Waals surface area contributed by atoms with Crippen LogP contribution >= 0.6 is 0 Å². The third-order valence-corrected chi connectivity index (χ3v) is 7.86. The minimum absolute atomic E-state index is 0.107. The number of aromatic nitrogens is 1. The molecule has 0 spiro atoms. The zero-order valence-corrected chi connectivity index (χ0v) is 21.6. The Bertz CT molecular complexity index is 1280. The number of hydrogen-bond donors (Lipinski definition) is 2. The number of rotatable bonds is 6. The van der Waals surface area contributed by atoms with Gasteiger partial charge in [-0.05, 0) is 61.6 Å². The molecule has 4 unspecified atom stereocenters. The van der Waals surface area contributed by atoms with E-state index < -0.39 is 18.1 Å². The van der Waals surface area contributed by atoms with Gasteiger partial charge in [0.25, 0.3) is 5.91 Å². The van der Waals surface area contributed by atoms with Crippen LogP contribution in [0.5, 0.6) is 0 Å². The van der Waals surface area contributed by atoms with Crippen molar-refractivity contribution in [2.75, 3.05) is 6.54 Å². The molecule has 1 saturated carbocycles. The Labute approximate surface area is 218 Å². The average Bonchev–Trinajstić information content (AvgIpc) is 2.90. The fourth-order valence-electron chi connectivity index (χ4n) is 6.07. The van der Waals surface area contributed by atoms with Gasteiger partial charge in [0.2, 0.25) is 5.91 Å². The van der Waals surface area contributed by atoms with E-state index in [0.717, 1.165) is 47.2 Å². The second kappa shape index (κ2) is 10.9. The predicted molar refractivity (Wildman–Crippen MR) is 143 cm³/mol. The number of fused-ring (bicyclic) bond motifs is 1. The number of aliphatic hydroxyl groups is 1. The molecule has 2 N–H and O–H groups in total. The van der Waals surface area contributed by atoms with Gasteiger partial charge < -0.3 is 15.3 Å². The van der Waals surface area contributed by atoms with E-state index >= 15 is 0 Å². The summed E-state index contributed by atoms with van der Waals surface area (Å²) in [6.45, 7) is 4.54. The van der Waals surface area contributed by atoms with E-state index in [-0.39, 0.29) is 17.9 Å². The summed E-state index contributed by atoms with van der Waals surface area (Å²) in [5.41, 5.74) is 5.33. The lowest BCUT2D eigenvalue weighted by Gasteiger charge is -2.48. The van der Waals surface area contributed by atoms with Gasteiger partial charge in [-0.15, -0.1) is 0 Å². The Morgan fingerprint density at radius 2 is 1.81 bits per heavy atom. The summed E-state index contributed by atoms with van der Waals surface area (Å²) in [6, 6.07) is 18.6. The molecule has 1 aliphatic heterocycles. The van der Waals surface area contributed by atoms with Crippen molar-refractivity contribution >= 4 is 11.8 Å². The zero-order chi connectivity index (χ0) is 25.9. The van der Waals surface area contributed by atoms with E-state index in [1.807, 2.05) is 73.3 Å². The molecule has 2 aliphatic rings. The van der Waals surface area contributed by atoms with Crippen molar-refractivity contribution in [3.8, 4) is 0 Å². The summed E-state index contributed by atoms with van der Waals surface area (Å²) in [5, 5.41) is 14.2. The largest absolute Gasteiger partial charge is 0.391 e. The summed E-state index contributed by atoms with van der Waals surface area (Å²) >= 11 is 0. The molecule has 0 bridgehead atoms. The molecule has 1 aliphatic carbocycles. The molecule has 2 aromatic carbocycles. The van der Waals surface area contributed by atoms with Crippen LogP contribution in [0.3, 0.4) is 0 Å². The molecule has 192 valence electrons. The van der Waals surface area contributed by atoms with Crippen molar-refractivity contribution in [3.63, 3.8) is 0 Å². The molecule has 4 atom stereocenters. The van der Waals surface area contributed by atoms with E-state index in [2.05, 4.69) is 16.4 Å². The van der Waals surface area contributed by atoms with Gasteiger partial charge >= 0.3 is 0 Å². The maximum Gasteiger partial charge on any atom is 0.255 e. The highest BCUT2D eigenvalue weighted by Gasteiger charge is 2.48. The summed E-state index contributed by atoms with van der Waals surface area (Å²) in [7, 11) is 0. The number of carbonyl (C=O) groups excluding carboxylic acids is 2. The first-order valence-corrected chi connectivity index (χ1v) is 13.3. The van der Waals surface area contributed by atoms with Crippen molar-refractivity contribution in [2.24, 2.45) is 0 Å². The molecule has 1 aromatic heterocycles. The lowest BCUT2D eigenvalue weighted by atomic mass is 9.75. The molecule has 6 nitrogen and oxygen atoms in total. The van der Waals surface area contributed by atoms with Crippen LogP contribution in [0.25, 0.3) is 0 Å². The Kier molecular flexibility index (Phi) is 7.38. The van der Waals surface area contributed by atoms with Gasteiger partial charge in [0.15, 0.2) is 0 Å². The van der Waals surface area contributed by atoms with Gasteiger partial charge in [-0.2, -0.15) is 0 Å². The van der Waals surface area contributed by atoms with Crippen molar-refractivity contribution in [3.05, 3.63) is 100 Å². The number of amides is 2. The van der Waals surface area contributed by atoms with E-state index in [1.54, 1.807) is 6.20 Å². The molecule has 2 heterocycles. The van der Waals surface area contributed by atoms with E-state index in [0.29, 0.717) is 24.9 Å². The maximum atomic E-state index is 14.1. The molecule has 2 amide bonds. The lowest BCUT2D eigenvalue weighted by molar-refractivity contribution is -0.125. The Hall–Kier alpha value is -3.51. The summed E-state index contributed by atoms with van der Waals surface area (Å²) in [4.78, 5) is 34.3. The minimum Gasteiger partial charge on any atom is -0.391 e. The first-order chi connectivity index (χ1) is 18.0. The molecular weight excluding hydrogens is 462 g/mol. The minimum atomic E-state index is -0.607. The Balaban J connectivity index is 1.57. The van der Waals surface area contributed by atoms with Crippen LogP contribution < -0.4 is 5.32 Å².